The number of hydrogen-bond acceptors (Lipinski definition) is 4. The highest BCUT2D eigenvalue weighted by molar-refractivity contribution is 5.09. The SMILES string of the molecule is Fc1cncc(CNCCN2CCOCC2)c1. The first kappa shape index (κ1) is 12.4. The zero-order valence-electron chi connectivity index (χ0n) is 9.86. The molecular weight excluding hydrogens is 221 g/mol. The van der Waals surface area contributed by atoms with Crippen LogP contribution < -0.4 is 5.32 Å². The Hall–Kier alpha value is -1.04. The lowest BCUT2D eigenvalue weighted by atomic mass is 10.3. The number of hydrogen-bond donors (Lipinski definition) is 1. The van der Waals surface area contributed by atoms with Gasteiger partial charge in [0.05, 0.1) is 19.4 Å². The number of pyridine rings is 1. The fourth-order valence-electron chi connectivity index (χ4n) is 1.85. The van der Waals surface area contributed by atoms with Crippen LogP contribution in [0.2, 0.25) is 0 Å². The molecule has 0 unspecified atom stereocenters. The van der Waals surface area contributed by atoms with Gasteiger partial charge in [0.2, 0.25) is 0 Å². The molecule has 2 rings (SSSR count). The molecule has 0 aliphatic carbocycles. The second kappa shape index (κ2) is 6.64. The van der Waals surface area contributed by atoms with Crippen molar-refractivity contribution in [2.75, 3.05) is 39.4 Å². The van der Waals surface area contributed by atoms with Gasteiger partial charge in [-0.15, -0.1) is 0 Å². The van der Waals surface area contributed by atoms with Crippen LogP contribution in [0.5, 0.6) is 0 Å². The summed E-state index contributed by atoms with van der Waals surface area (Å²) in [4.78, 5) is 6.17. The molecule has 94 valence electrons. The molecule has 0 radical (unpaired) electrons. The third-order valence-electron chi connectivity index (χ3n) is 2.80. The summed E-state index contributed by atoms with van der Waals surface area (Å²) in [5.74, 6) is -0.280. The van der Waals surface area contributed by atoms with Crippen molar-refractivity contribution >= 4 is 0 Å². The predicted molar refractivity (Wildman–Crippen MR) is 63.2 cm³/mol. The van der Waals surface area contributed by atoms with E-state index in [1.54, 1.807) is 6.20 Å². The molecule has 0 saturated carbocycles. The summed E-state index contributed by atoms with van der Waals surface area (Å²) in [5, 5.41) is 3.29. The molecule has 1 aromatic heterocycles. The number of ether oxygens (including phenoxy) is 1. The lowest BCUT2D eigenvalue weighted by molar-refractivity contribution is 0.0384. The van der Waals surface area contributed by atoms with Gasteiger partial charge >= 0.3 is 0 Å². The molecule has 0 amide bonds. The molecular formula is C12H18FN3O. The first-order valence-electron chi connectivity index (χ1n) is 5.95. The van der Waals surface area contributed by atoms with Crippen LogP contribution in [0, 0.1) is 5.82 Å². The Morgan fingerprint density at radius 2 is 2.18 bits per heavy atom. The van der Waals surface area contributed by atoms with Crippen molar-refractivity contribution in [2.45, 2.75) is 6.54 Å². The Morgan fingerprint density at radius 1 is 1.35 bits per heavy atom. The molecule has 1 aliphatic heterocycles. The van der Waals surface area contributed by atoms with E-state index >= 15 is 0 Å². The Bertz CT molecular complexity index is 342. The standard InChI is InChI=1S/C12H18FN3O/c13-12-7-11(9-15-10-12)8-14-1-2-16-3-5-17-6-4-16/h7,9-10,14H,1-6,8H2. The van der Waals surface area contributed by atoms with Crippen molar-refractivity contribution in [3.63, 3.8) is 0 Å². The van der Waals surface area contributed by atoms with Gasteiger partial charge in [0.1, 0.15) is 5.82 Å². The molecule has 1 N–H and O–H groups in total. The molecule has 0 spiro atoms. The van der Waals surface area contributed by atoms with Gasteiger partial charge in [0, 0.05) is 38.9 Å². The van der Waals surface area contributed by atoms with E-state index in [1.165, 1.54) is 12.3 Å². The fraction of sp³-hybridized carbons (Fsp3) is 0.583. The molecule has 1 saturated heterocycles. The van der Waals surface area contributed by atoms with E-state index in [4.69, 9.17) is 4.74 Å². The molecule has 0 bridgehead atoms. The van der Waals surface area contributed by atoms with Crippen molar-refractivity contribution in [3.05, 3.63) is 29.8 Å². The molecule has 1 fully saturated rings. The highest BCUT2D eigenvalue weighted by Gasteiger charge is 2.08. The molecule has 1 aliphatic rings. The van der Waals surface area contributed by atoms with E-state index in [0.29, 0.717) is 6.54 Å². The molecule has 4 nitrogen and oxygen atoms in total. The van der Waals surface area contributed by atoms with E-state index in [0.717, 1.165) is 45.0 Å². The van der Waals surface area contributed by atoms with Crippen LogP contribution in [0.15, 0.2) is 18.5 Å². The average Bonchev–Trinajstić information content (AvgIpc) is 2.36. The summed E-state index contributed by atoms with van der Waals surface area (Å²) in [5.41, 5.74) is 0.881. The molecule has 0 aromatic carbocycles. The molecule has 1 aromatic rings. The van der Waals surface area contributed by atoms with Gasteiger partial charge in [0.15, 0.2) is 0 Å². The Morgan fingerprint density at radius 3 is 2.94 bits per heavy atom. The Balaban J connectivity index is 1.62. The second-order valence-electron chi connectivity index (χ2n) is 4.14. The lowest BCUT2D eigenvalue weighted by Crippen LogP contribution is -2.40. The summed E-state index contributed by atoms with van der Waals surface area (Å²) in [6.07, 6.45) is 2.90. The van der Waals surface area contributed by atoms with Crippen LogP contribution >= 0.6 is 0 Å². The highest BCUT2D eigenvalue weighted by Crippen LogP contribution is 2.00. The molecule has 17 heavy (non-hydrogen) atoms. The van der Waals surface area contributed by atoms with Crippen LogP contribution in [0.1, 0.15) is 5.56 Å². The summed E-state index contributed by atoms with van der Waals surface area (Å²) < 4.78 is 18.1. The minimum Gasteiger partial charge on any atom is -0.379 e. The van der Waals surface area contributed by atoms with E-state index < -0.39 is 0 Å². The van der Waals surface area contributed by atoms with Crippen molar-refractivity contribution in [2.24, 2.45) is 0 Å². The summed E-state index contributed by atoms with van der Waals surface area (Å²) in [7, 11) is 0. The first-order chi connectivity index (χ1) is 8.34. The predicted octanol–water partition coefficient (Wildman–Crippen LogP) is 0.642. The summed E-state index contributed by atoms with van der Waals surface area (Å²) in [6.45, 7) is 6.23. The normalized spacial score (nSPS) is 17.2. The first-order valence-corrected chi connectivity index (χ1v) is 5.95. The van der Waals surface area contributed by atoms with Gasteiger partial charge in [0.25, 0.3) is 0 Å². The number of aromatic nitrogens is 1. The maximum absolute atomic E-state index is 12.9. The number of halogens is 1. The highest BCUT2D eigenvalue weighted by atomic mass is 19.1. The molecule has 0 atom stereocenters. The second-order valence-corrected chi connectivity index (χ2v) is 4.14. The van der Waals surface area contributed by atoms with Crippen LogP contribution in [0.3, 0.4) is 0 Å². The maximum atomic E-state index is 12.9. The fourth-order valence-corrected chi connectivity index (χ4v) is 1.85. The number of nitrogens with one attached hydrogen (secondary N) is 1. The van der Waals surface area contributed by atoms with Crippen LogP contribution in [0.4, 0.5) is 4.39 Å². The topological polar surface area (TPSA) is 37.4 Å². The number of nitrogens with zero attached hydrogens (tertiary/aromatic N) is 2. The quantitative estimate of drug-likeness (QED) is 0.765. The molecule has 2 heterocycles. The molecule has 5 heteroatoms. The van der Waals surface area contributed by atoms with Crippen molar-refractivity contribution in [1.29, 1.82) is 0 Å². The smallest absolute Gasteiger partial charge is 0.141 e. The maximum Gasteiger partial charge on any atom is 0.141 e. The Labute approximate surface area is 101 Å². The van der Waals surface area contributed by atoms with Gasteiger partial charge in [-0.3, -0.25) is 9.88 Å². The largest absolute Gasteiger partial charge is 0.379 e. The summed E-state index contributed by atoms with van der Waals surface area (Å²) >= 11 is 0. The van der Waals surface area contributed by atoms with Crippen molar-refractivity contribution in [3.8, 4) is 0 Å². The van der Waals surface area contributed by atoms with Gasteiger partial charge in [-0.2, -0.15) is 0 Å². The van der Waals surface area contributed by atoms with Crippen LogP contribution in [0.25, 0.3) is 0 Å². The third-order valence-corrected chi connectivity index (χ3v) is 2.80. The zero-order chi connectivity index (χ0) is 11.9. The van der Waals surface area contributed by atoms with Crippen molar-refractivity contribution in [1.82, 2.24) is 15.2 Å². The van der Waals surface area contributed by atoms with E-state index in [1.807, 2.05) is 0 Å². The lowest BCUT2D eigenvalue weighted by Gasteiger charge is -2.26. The van der Waals surface area contributed by atoms with Crippen molar-refractivity contribution < 1.29 is 9.13 Å². The van der Waals surface area contributed by atoms with Gasteiger partial charge in [-0.05, 0) is 11.6 Å². The van der Waals surface area contributed by atoms with Crippen LogP contribution in [-0.4, -0.2) is 49.3 Å². The minimum absolute atomic E-state index is 0.280. The Kier molecular flexibility index (Phi) is 4.85. The zero-order valence-corrected chi connectivity index (χ0v) is 9.86. The van der Waals surface area contributed by atoms with E-state index in [2.05, 4.69) is 15.2 Å². The van der Waals surface area contributed by atoms with Crippen LogP contribution in [-0.2, 0) is 11.3 Å². The summed E-state index contributed by atoms with van der Waals surface area (Å²) in [6, 6.07) is 1.51. The van der Waals surface area contributed by atoms with E-state index in [9.17, 15) is 4.39 Å². The van der Waals surface area contributed by atoms with Gasteiger partial charge in [-0.25, -0.2) is 4.39 Å². The van der Waals surface area contributed by atoms with Gasteiger partial charge < -0.3 is 10.1 Å². The van der Waals surface area contributed by atoms with E-state index in [-0.39, 0.29) is 5.82 Å². The number of morpholine rings is 1. The number of rotatable bonds is 5. The monoisotopic (exact) mass is 239 g/mol. The van der Waals surface area contributed by atoms with Gasteiger partial charge in [-0.1, -0.05) is 0 Å². The average molecular weight is 239 g/mol. The third kappa shape index (κ3) is 4.38. The minimum atomic E-state index is -0.280.